The highest BCUT2D eigenvalue weighted by molar-refractivity contribution is 7.89. The van der Waals surface area contributed by atoms with Crippen LogP contribution in [0.4, 0.5) is 5.69 Å². The Morgan fingerprint density at radius 2 is 2.00 bits per heavy atom. The Bertz CT molecular complexity index is 547. The van der Waals surface area contributed by atoms with E-state index in [1.165, 1.54) is 13.1 Å². The summed E-state index contributed by atoms with van der Waals surface area (Å²) in [4.78, 5) is 10.3. The van der Waals surface area contributed by atoms with E-state index in [2.05, 4.69) is 0 Å². The molecule has 0 unspecified atom stereocenters. The molecule has 0 fully saturated rings. The van der Waals surface area contributed by atoms with E-state index < -0.39 is 14.9 Å². The smallest absolute Gasteiger partial charge is 0.258 e. The molecule has 6 nitrogen and oxygen atoms in total. The lowest BCUT2D eigenvalue weighted by Crippen LogP contribution is -2.29. The number of benzene rings is 1. The number of hydrogen-bond donors (Lipinski definition) is 0. The van der Waals surface area contributed by atoms with Crippen LogP contribution in [0.2, 0.25) is 0 Å². The topological polar surface area (TPSA) is 80.5 Å². The third kappa shape index (κ3) is 4.45. The maximum atomic E-state index is 11.9. The molecular weight excluding hydrogens is 292 g/mol. The molecule has 0 radical (unpaired) electrons. The van der Waals surface area contributed by atoms with Crippen LogP contribution in [-0.4, -0.2) is 36.3 Å². The molecule has 0 saturated heterocycles. The van der Waals surface area contributed by atoms with E-state index in [0.717, 1.165) is 4.31 Å². The lowest BCUT2D eigenvalue weighted by molar-refractivity contribution is -0.385. The van der Waals surface area contributed by atoms with Gasteiger partial charge in [0.15, 0.2) is 0 Å². The van der Waals surface area contributed by atoms with Crippen LogP contribution in [0.1, 0.15) is 12.0 Å². The van der Waals surface area contributed by atoms with Gasteiger partial charge in [-0.05, 0) is 6.42 Å². The first-order chi connectivity index (χ1) is 8.88. The van der Waals surface area contributed by atoms with Gasteiger partial charge in [0.2, 0.25) is 10.0 Å². The highest BCUT2D eigenvalue weighted by atomic mass is 35.5. The minimum atomic E-state index is -3.44. The Kier molecular flexibility index (Phi) is 5.71. The summed E-state index contributed by atoms with van der Waals surface area (Å²) in [5.41, 5.74) is 0.284. The Balaban J connectivity index is 2.88. The molecule has 19 heavy (non-hydrogen) atoms. The summed E-state index contributed by atoms with van der Waals surface area (Å²) in [5.74, 6) is 0.201. The van der Waals surface area contributed by atoms with Crippen molar-refractivity contribution in [1.82, 2.24) is 4.31 Å². The van der Waals surface area contributed by atoms with E-state index in [0.29, 0.717) is 12.0 Å². The van der Waals surface area contributed by atoms with E-state index in [-0.39, 0.29) is 23.9 Å². The molecule has 1 aromatic carbocycles. The molecule has 0 aromatic heterocycles. The van der Waals surface area contributed by atoms with Gasteiger partial charge in [-0.15, -0.1) is 11.6 Å². The summed E-state index contributed by atoms with van der Waals surface area (Å²) >= 11 is 5.47. The van der Waals surface area contributed by atoms with Gasteiger partial charge in [0, 0.05) is 31.1 Å². The second-order valence-electron chi connectivity index (χ2n) is 4.00. The Labute approximate surface area is 117 Å². The zero-order valence-corrected chi connectivity index (χ0v) is 12.0. The summed E-state index contributed by atoms with van der Waals surface area (Å²) in [5, 5.41) is 10.8. The maximum absolute atomic E-state index is 11.9. The largest absolute Gasteiger partial charge is 0.273 e. The molecule has 106 valence electrons. The molecule has 0 N–H and O–H groups in total. The van der Waals surface area contributed by atoms with E-state index in [9.17, 15) is 18.5 Å². The Morgan fingerprint density at radius 1 is 1.37 bits per heavy atom. The standard InChI is InChI=1S/C11H15ClN2O4S/c1-13(19(17,18)8-4-7-12)9-10-5-2-3-6-11(10)14(15)16/h2-3,5-6H,4,7-9H2,1H3. The number of hydrogen-bond acceptors (Lipinski definition) is 4. The van der Waals surface area contributed by atoms with E-state index in [4.69, 9.17) is 11.6 Å². The molecule has 1 aromatic rings. The lowest BCUT2D eigenvalue weighted by Gasteiger charge is -2.16. The van der Waals surface area contributed by atoms with E-state index in [1.54, 1.807) is 18.2 Å². The van der Waals surface area contributed by atoms with Crippen LogP contribution < -0.4 is 0 Å². The monoisotopic (exact) mass is 306 g/mol. The van der Waals surface area contributed by atoms with Crippen molar-refractivity contribution in [3.05, 3.63) is 39.9 Å². The van der Waals surface area contributed by atoms with Gasteiger partial charge in [-0.25, -0.2) is 12.7 Å². The van der Waals surface area contributed by atoms with Gasteiger partial charge in [0.05, 0.1) is 10.7 Å². The fraction of sp³-hybridized carbons (Fsp3) is 0.455. The average molecular weight is 307 g/mol. The Hall–Kier alpha value is -1.18. The highest BCUT2D eigenvalue weighted by Gasteiger charge is 2.21. The van der Waals surface area contributed by atoms with Gasteiger partial charge < -0.3 is 0 Å². The molecule has 0 heterocycles. The van der Waals surface area contributed by atoms with Crippen LogP contribution in [0.3, 0.4) is 0 Å². The number of para-hydroxylation sites is 1. The molecule has 8 heteroatoms. The normalized spacial score (nSPS) is 11.7. The zero-order valence-electron chi connectivity index (χ0n) is 10.5. The summed E-state index contributed by atoms with van der Waals surface area (Å²) < 4.78 is 24.9. The third-order valence-electron chi connectivity index (χ3n) is 2.59. The van der Waals surface area contributed by atoms with Gasteiger partial charge in [-0.1, -0.05) is 18.2 Å². The average Bonchev–Trinajstić information content (AvgIpc) is 2.36. The number of sulfonamides is 1. The minimum absolute atomic E-state index is 0.0260. The number of nitrogens with zero attached hydrogens (tertiary/aromatic N) is 2. The van der Waals surface area contributed by atoms with Gasteiger partial charge in [0.25, 0.3) is 5.69 Å². The summed E-state index contributed by atoms with van der Waals surface area (Å²) in [7, 11) is -2.03. The third-order valence-corrected chi connectivity index (χ3v) is 4.74. The molecule has 0 aliphatic heterocycles. The Morgan fingerprint density at radius 3 is 2.58 bits per heavy atom. The van der Waals surface area contributed by atoms with Crippen LogP contribution >= 0.6 is 11.6 Å². The van der Waals surface area contributed by atoms with Gasteiger partial charge >= 0.3 is 0 Å². The fourth-order valence-corrected chi connectivity index (χ4v) is 3.00. The van der Waals surface area contributed by atoms with E-state index in [1.807, 2.05) is 0 Å². The second-order valence-corrected chi connectivity index (χ2v) is 6.57. The maximum Gasteiger partial charge on any atom is 0.273 e. The predicted molar refractivity (Wildman–Crippen MR) is 73.7 cm³/mol. The van der Waals surface area contributed by atoms with Crippen molar-refractivity contribution in [3.8, 4) is 0 Å². The summed E-state index contributed by atoms with van der Waals surface area (Å²) in [6.07, 6.45) is 0.352. The SMILES string of the molecule is CN(Cc1ccccc1[N+](=O)[O-])S(=O)(=O)CCCCl. The quantitative estimate of drug-likeness (QED) is 0.438. The van der Waals surface area contributed by atoms with Gasteiger partial charge in [-0.2, -0.15) is 0 Å². The number of nitro groups is 1. The number of halogens is 1. The molecule has 0 aliphatic carbocycles. The highest BCUT2D eigenvalue weighted by Crippen LogP contribution is 2.20. The van der Waals surface area contributed by atoms with Crippen molar-refractivity contribution in [2.75, 3.05) is 18.7 Å². The van der Waals surface area contributed by atoms with Crippen LogP contribution in [0, 0.1) is 10.1 Å². The number of rotatable bonds is 7. The van der Waals surface area contributed by atoms with Crippen molar-refractivity contribution in [3.63, 3.8) is 0 Å². The zero-order chi connectivity index (χ0) is 14.5. The van der Waals surface area contributed by atoms with Crippen molar-refractivity contribution in [2.45, 2.75) is 13.0 Å². The van der Waals surface area contributed by atoms with Crippen molar-refractivity contribution in [1.29, 1.82) is 0 Å². The van der Waals surface area contributed by atoms with Crippen LogP contribution in [0.25, 0.3) is 0 Å². The van der Waals surface area contributed by atoms with Crippen LogP contribution in [0.15, 0.2) is 24.3 Å². The predicted octanol–water partition coefficient (Wildman–Crippen LogP) is 1.99. The van der Waals surface area contributed by atoms with Crippen LogP contribution in [0.5, 0.6) is 0 Å². The van der Waals surface area contributed by atoms with Crippen molar-refractivity contribution >= 4 is 27.3 Å². The fourth-order valence-electron chi connectivity index (χ4n) is 1.55. The minimum Gasteiger partial charge on any atom is -0.258 e. The summed E-state index contributed by atoms with van der Waals surface area (Å²) in [6, 6.07) is 6.09. The van der Waals surface area contributed by atoms with Gasteiger partial charge in [0.1, 0.15) is 0 Å². The second kappa shape index (κ2) is 6.83. The van der Waals surface area contributed by atoms with E-state index >= 15 is 0 Å². The molecular formula is C11H15ClN2O4S. The molecule has 1 rings (SSSR count). The first-order valence-electron chi connectivity index (χ1n) is 5.60. The molecule has 0 spiro atoms. The molecule has 0 amide bonds. The molecule has 0 bridgehead atoms. The van der Waals surface area contributed by atoms with Crippen LogP contribution in [-0.2, 0) is 16.6 Å². The first kappa shape index (κ1) is 15.9. The van der Waals surface area contributed by atoms with Gasteiger partial charge in [-0.3, -0.25) is 10.1 Å². The molecule has 0 aliphatic rings. The number of alkyl halides is 1. The number of nitro benzene ring substituents is 1. The molecule has 0 saturated carbocycles. The lowest BCUT2D eigenvalue weighted by atomic mass is 10.2. The summed E-state index contributed by atoms with van der Waals surface area (Å²) in [6.45, 7) is -0.0260. The first-order valence-corrected chi connectivity index (χ1v) is 7.75. The molecule has 0 atom stereocenters. The van der Waals surface area contributed by atoms with Crippen molar-refractivity contribution in [2.24, 2.45) is 0 Å². The van der Waals surface area contributed by atoms with Crippen molar-refractivity contribution < 1.29 is 13.3 Å².